The summed E-state index contributed by atoms with van der Waals surface area (Å²) in [5.41, 5.74) is -8.89. The van der Waals surface area contributed by atoms with Crippen molar-refractivity contribution >= 4 is 68.0 Å². The van der Waals surface area contributed by atoms with Gasteiger partial charge in [0.25, 0.3) is 5.92 Å². The van der Waals surface area contributed by atoms with Crippen LogP contribution in [0.1, 0.15) is 152 Å². The standard InChI is InChI=1S/C62H67ClF10N7O12PS2/c1-32(2)90-93(84,91-33(3)4)92-46-15-13-14-35(25-49(83)89-57(5,6)7)52(46)58(8,9)28-47(81)78-95(87,88)30-45-51-43(63)19-18-40(54(51)80(76-45)31-60(66,67)68)39-17-16-38(20-21-59(10,11)94(12,85)86)74-53(39)44(24-34-22-36(64)26-37(65)23-34)75-48(82)29-79-56-50(55(77-79)62(71,72)73)41-27-42(41)61(56,69)70/h13-19,22-23,26,32-33,41-42,44H,24-25,27-31H2,1-12H3,(H,75,82)(H,78,81)/t41-,42+,44-/m0/s1. The van der Waals surface area contributed by atoms with E-state index in [1.807, 2.05) is 4.72 Å². The number of pyridine rings is 1. The highest BCUT2D eigenvalue weighted by Gasteiger charge is 2.68. The molecule has 2 aliphatic carbocycles. The molecule has 0 spiro atoms. The predicted octanol–water partition coefficient (Wildman–Crippen LogP) is 12.8. The van der Waals surface area contributed by atoms with E-state index in [2.05, 4.69) is 32.3 Å². The molecule has 3 aromatic heterocycles. The summed E-state index contributed by atoms with van der Waals surface area (Å²) in [6.07, 6.45) is -13.2. The number of phosphoric acid groups is 1. The van der Waals surface area contributed by atoms with Crippen LogP contribution in [0.25, 0.3) is 22.0 Å². The van der Waals surface area contributed by atoms with Crippen molar-refractivity contribution in [2.24, 2.45) is 5.92 Å². The number of ether oxygens (including phenoxy) is 1. The third-order valence-corrected chi connectivity index (χ3v) is 20.3. The highest BCUT2D eigenvalue weighted by Crippen LogP contribution is 2.68. The van der Waals surface area contributed by atoms with Crippen LogP contribution >= 0.6 is 19.4 Å². The van der Waals surface area contributed by atoms with Crippen LogP contribution in [0.3, 0.4) is 0 Å². The Morgan fingerprint density at radius 1 is 0.842 bits per heavy atom. The van der Waals surface area contributed by atoms with E-state index in [0.717, 1.165) is 42.7 Å². The third-order valence-electron chi connectivity index (χ3n) is 15.0. The number of hydrogen-bond donors (Lipinski definition) is 2. The van der Waals surface area contributed by atoms with Gasteiger partial charge in [-0.25, -0.2) is 35.2 Å². The van der Waals surface area contributed by atoms with Gasteiger partial charge in [0.2, 0.25) is 21.8 Å². The second-order valence-corrected chi connectivity index (χ2v) is 32.1. The molecule has 0 radical (unpaired) electrons. The highest BCUT2D eigenvalue weighted by atomic mass is 35.5. The fourth-order valence-electron chi connectivity index (χ4n) is 11.2. The average molecular weight is 1420 g/mol. The van der Waals surface area contributed by atoms with E-state index < -0.39 is 204 Å². The van der Waals surface area contributed by atoms with Gasteiger partial charge in [-0.05, 0) is 135 Å². The molecule has 6 aromatic rings. The second kappa shape index (κ2) is 26.4. The van der Waals surface area contributed by atoms with E-state index >= 15 is 17.6 Å². The summed E-state index contributed by atoms with van der Waals surface area (Å²) < 4.78 is 241. The number of rotatable bonds is 23. The van der Waals surface area contributed by atoms with Gasteiger partial charge in [0, 0.05) is 57.7 Å². The summed E-state index contributed by atoms with van der Waals surface area (Å²) in [7, 11) is -13.5. The van der Waals surface area contributed by atoms with Gasteiger partial charge in [0.05, 0.1) is 46.6 Å². The lowest BCUT2D eigenvalue weighted by Gasteiger charge is -2.31. The Bertz CT molecular complexity index is 4350. The molecule has 0 saturated heterocycles. The first-order chi connectivity index (χ1) is 43.5. The van der Waals surface area contributed by atoms with Gasteiger partial charge >= 0.3 is 26.1 Å². The predicted molar refractivity (Wildman–Crippen MR) is 328 cm³/mol. The topological polar surface area (TPSA) is 246 Å². The zero-order valence-electron chi connectivity index (χ0n) is 53.2. The van der Waals surface area contributed by atoms with Gasteiger partial charge in [0.1, 0.15) is 58.0 Å². The van der Waals surface area contributed by atoms with E-state index in [1.54, 1.807) is 48.5 Å². The largest absolute Gasteiger partial charge is 0.530 e. The van der Waals surface area contributed by atoms with Crippen molar-refractivity contribution in [2.45, 2.75) is 179 Å². The quantitative estimate of drug-likeness (QED) is 0.0262. The Balaban J connectivity index is 1.24. The molecule has 19 nitrogen and oxygen atoms in total. The molecule has 2 N–H and O–H groups in total. The molecule has 8 rings (SSSR count). The molecule has 3 aromatic carbocycles. The van der Waals surface area contributed by atoms with Gasteiger partial charge < -0.3 is 14.6 Å². The summed E-state index contributed by atoms with van der Waals surface area (Å²) >= 11 is 6.79. The number of carbonyl (C=O) groups excluding carboxylic acids is 3. The molecule has 33 heteroatoms. The first-order valence-electron chi connectivity index (χ1n) is 29.3. The number of fused-ring (bicyclic) bond motifs is 4. The fraction of sp³-hybridized carbons (Fsp3) is 0.484. The second-order valence-electron chi connectivity index (χ2n) is 25.9. The van der Waals surface area contributed by atoms with Crippen molar-refractivity contribution in [3.63, 3.8) is 0 Å². The van der Waals surface area contributed by atoms with Crippen LogP contribution in [0.4, 0.5) is 43.9 Å². The molecule has 95 heavy (non-hydrogen) atoms. The third kappa shape index (κ3) is 17.4. The van der Waals surface area contributed by atoms with Crippen LogP contribution in [-0.2, 0) is 102 Å². The molecular weight excluding hydrogens is 1360 g/mol. The lowest BCUT2D eigenvalue weighted by Crippen LogP contribution is -2.36. The maximum absolute atomic E-state index is 15.8. The molecule has 0 bridgehead atoms. The Hall–Kier alpha value is -7.10. The Morgan fingerprint density at radius 3 is 2.04 bits per heavy atom. The van der Waals surface area contributed by atoms with E-state index in [-0.39, 0.29) is 50.4 Å². The van der Waals surface area contributed by atoms with Crippen LogP contribution in [0.5, 0.6) is 5.75 Å². The van der Waals surface area contributed by atoms with Crippen molar-refractivity contribution in [1.82, 2.24) is 34.6 Å². The summed E-state index contributed by atoms with van der Waals surface area (Å²) in [4.78, 5) is 46.6. The number of aromatic nitrogens is 5. The summed E-state index contributed by atoms with van der Waals surface area (Å²) in [6, 6.07) is 9.11. The lowest BCUT2D eigenvalue weighted by molar-refractivity contribution is -0.154. The molecule has 0 unspecified atom stereocenters. The Morgan fingerprint density at radius 2 is 1.46 bits per heavy atom. The van der Waals surface area contributed by atoms with Crippen molar-refractivity contribution < 1.29 is 98.0 Å². The normalized spacial score (nSPS) is 16.3. The van der Waals surface area contributed by atoms with Gasteiger partial charge in [-0.3, -0.25) is 37.5 Å². The van der Waals surface area contributed by atoms with Crippen molar-refractivity contribution in [1.29, 1.82) is 0 Å². The molecule has 2 amide bonds. The van der Waals surface area contributed by atoms with Gasteiger partial charge in [-0.15, -0.1) is 0 Å². The number of nitrogens with one attached hydrogen (secondary N) is 2. The van der Waals surface area contributed by atoms with E-state index in [4.69, 9.17) is 29.9 Å². The molecule has 0 aliphatic heterocycles. The van der Waals surface area contributed by atoms with Crippen LogP contribution in [0.2, 0.25) is 5.02 Å². The van der Waals surface area contributed by atoms with Crippen LogP contribution in [0.15, 0.2) is 60.7 Å². The number of nitrogens with zero attached hydrogens (tertiary/aromatic N) is 5. The fourth-order valence-corrected chi connectivity index (χ4v) is 14.3. The van der Waals surface area contributed by atoms with Gasteiger partial charge in [0.15, 0.2) is 15.5 Å². The summed E-state index contributed by atoms with van der Waals surface area (Å²) in [6.45, 7) is 13.2. The van der Waals surface area contributed by atoms with Crippen molar-refractivity contribution in [2.75, 3.05) is 6.26 Å². The molecule has 516 valence electrons. The Labute approximate surface area is 545 Å². The Kier molecular flexibility index (Phi) is 20.5. The molecule has 3 heterocycles. The first kappa shape index (κ1) is 73.7. The number of amides is 2. The van der Waals surface area contributed by atoms with Crippen LogP contribution in [-0.4, -0.2) is 94.2 Å². The number of halogens is 11. The maximum atomic E-state index is 15.8. The number of hydrogen-bond acceptors (Lipinski definition) is 15. The number of esters is 1. The van der Waals surface area contributed by atoms with E-state index in [0.29, 0.717) is 10.7 Å². The minimum Gasteiger partial charge on any atom is -0.460 e. The number of benzene rings is 3. The number of sulfonamides is 1. The first-order valence-corrected chi connectivity index (χ1v) is 34.7. The average Bonchev–Trinajstić information content (AvgIpc) is 1.52. The molecule has 1 fully saturated rings. The monoisotopic (exact) mass is 1420 g/mol. The van der Waals surface area contributed by atoms with Crippen molar-refractivity contribution in [3.8, 4) is 28.7 Å². The zero-order chi connectivity index (χ0) is 70.9. The van der Waals surface area contributed by atoms with E-state index in [1.165, 1.54) is 45.9 Å². The maximum Gasteiger partial charge on any atom is 0.530 e. The van der Waals surface area contributed by atoms with Gasteiger partial charge in [-0.1, -0.05) is 49.6 Å². The molecule has 3 atom stereocenters. The van der Waals surface area contributed by atoms with Crippen LogP contribution < -0.4 is 14.6 Å². The number of alkyl halides is 8. The van der Waals surface area contributed by atoms with Crippen molar-refractivity contribution in [3.05, 3.63) is 128 Å². The SMILES string of the molecule is CC(C)OP(=O)(Oc1cccc(CC(=O)OC(C)(C)C)c1C(C)(C)CC(=O)NS(=O)(=O)Cc1nn(CC(F)(F)F)c2c(-c3ccc(C#CC(C)(C)S(C)(=O)=O)nc3[C@H](Cc3cc(F)cc(F)c3)NC(=O)Cn3nc(C(F)(F)F)c4c3C(F)(F)[C@@H]3C[C@H]43)ccc(Cl)c12)OC(C)C. The summed E-state index contributed by atoms with van der Waals surface area (Å²) in [5.74, 6) is -8.69. The minimum absolute atomic E-state index is 0.0626. The number of phosphoric ester groups is 1. The van der Waals surface area contributed by atoms with Crippen LogP contribution in [0, 0.1) is 29.4 Å². The van der Waals surface area contributed by atoms with E-state index in [9.17, 15) is 62.1 Å². The number of sulfone groups is 1. The zero-order valence-corrected chi connectivity index (χ0v) is 56.4. The smallest absolute Gasteiger partial charge is 0.460 e. The molecule has 2 aliphatic rings. The molecule has 1 saturated carbocycles. The number of carbonyl (C=O) groups is 3. The van der Waals surface area contributed by atoms with Gasteiger partial charge in [-0.2, -0.15) is 45.3 Å². The minimum atomic E-state index is -5.25. The summed E-state index contributed by atoms with van der Waals surface area (Å²) in [5, 5.41) is 9.03. The lowest BCUT2D eigenvalue weighted by atomic mass is 9.77. The molecular formula is C62H67ClF10N7O12PS2. The highest BCUT2D eigenvalue weighted by molar-refractivity contribution is 7.92.